The third-order valence-electron chi connectivity index (χ3n) is 3.04. The maximum absolute atomic E-state index is 11.8. The number of unbranched alkanes of at least 4 members (excludes halogenated alkanes) is 1. The van der Waals surface area contributed by atoms with Crippen LogP contribution in [0.4, 0.5) is 0 Å². The van der Waals surface area contributed by atoms with Gasteiger partial charge in [0.1, 0.15) is 24.4 Å². The smallest absolute Gasteiger partial charge is 0.326 e. The lowest BCUT2D eigenvalue weighted by atomic mass is 10.0. The predicted octanol–water partition coefficient (Wildman–Crippen LogP) is -3.35. The molecule has 0 rings (SSSR count). The van der Waals surface area contributed by atoms with Crippen LogP contribution in [0.25, 0.3) is 0 Å². The third kappa shape index (κ3) is 6.75. The van der Waals surface area contributed by atoms with Crippen molar-refractivity contribution < 1.29 is 40.0 Å². The Morgan fingerprint density at radius 3 is 2.32 bits per heavy atom. The Kier molecular flexibility index (Phi) is 10.8. The normalized spacial score (nSPS) is 18.1. The number of esters is 1. The number of aldehydes is 1. The van der Waals surface area contributed by atoms with E-state index in [-0.39, 0.29) is 12.7 Å². The fraction of sp³-hybridized carbons (Fsp3) is 0.833. The number of aliphatic hydroxyl groups is 4. The molecule has 8 N–H and O–H groups in total. The van der Waals surface area contributed by atoms with Gasteiger partial charge in [-0.15, -0.1) is 0 Å². The van der Waals surface area contributed by atoms with Crippen LogP contribution in [0.1, 0.15) is 19.3 Å². The van der Waals surface area contributed by atoms with Gasteiger partial charge in [0.05, 0.1) is 6.61 Å². The third-order valence-corrected chi connectivity index (χ3v) is 3.04. The molecule has 0 aliphatic heterocycles. The average Bonchev–Trinajstić information content (AvgIpc) is 2.54. The first kappa shape index (κ1) is 20.9. The quantitative estimate of drug-likeness (QED) is 0.0828. The van der Waals surface area contributed by atoms with E-state index in [1.165, 1.54) is 0 Å². The number of hydrogen-bond donors (Lipinski definition) is 7. The van der Waals surface area contributed by atoms with Crippen LogP contribution in [0.3, 0.4) is 0 Å². The molecule has 130 valence electrons. The van der Waals surface area contributed by atoms with Crippen LogP contribution < -0.4 is 11.2 Å². The van der Waals surface area contributed by atoms with Crippen molar-refractivity contribution in [1.82, 2.24) is 5.48 Å². The topological polar surface area (TPSA) is 183 Å². The minimum atomic E-state index is -1.92. The molecule has 0 bridgehead atoms. The minimum Gasteiger partial charge on any atom is -0.451 e. The van der Waals surface area contributed by atoms with E-state index < -0.39 is 43.0 Å². The van der Waals surface area contributed by atoms with Crippen molar-refractivity contribution >= 4 is 12.3 Å². The van der Waals surface area contributed by atoms with Crippen molar-refractivity contribution in [2.75, 3.05) is 13.2 Å². The lowest BCUT2D eigenvalue weighted by molar-refractivity contribution is -0.172. The second-order valence-corrected chi connectivity index (χ2v) is 4.73. The number of hydroxylamine groups is 1. The Morgan fingerprint density at radius 1 is 1.23 bits per heavy atom. The van der Waals surface area contributed by atoms with Gasteiger partial charge in [0.2, 0.25) is 0 Å². The summed E-state index contributed by atoms with van der Waals surface area (Å²) in [5.74, 6) is -1.01. The van der Waals surface area contributed by atoms with E-state index in [2.05, 4.69) is 0 Å². The number of aliphatic hydroxyl groups excluding tert-OH is 4. The van der Waals surface area contributed by atoms with E-state index in [0.717, 1.165) is 0 Å². The molecule has 0 saturated heterocycles. The van der Waals surface area contributed by atoms with E-state index >= 15 is 0 Å². The maximum Gasteiger partial charge on any atom is 0.326 e. The fourth-order valence-corrected chi connectivity index (χ4v) is 1.65. The molecular weight excluding hydrogens is 300 g/mol. The molecule has 0 aromatic rings. The van der Waals surface area contributed by atoms with Gasteiger partial charge in [-0.2, -0.15) is 5.48 Å². The van der Waals surface area contributed by atoms with Crippen molar-refractivity contribution in [2.24, 2.45) is 5.73 Å². The molecule has 0 saturated carbocycles. The SMILES string of the molecule is NCCCC[C@H](NO)C(=O)O[C@@H](C=O)[C@@H](O)[C@@H](O)[C@H](O)CO. The summed E-state index contributed by atoms with van der Waals surface area (Å²) >= 11 is 0. The second-order valence-electron chi connectivity index (χ2n) is 4.73. The van der Waals surface area contributed by atoms with Crippen molar-refractivity contribution in [2.45, 2.75) is 49.7 Å². The first-order valence-electron chi connectivity index (χ1n) is 6.83. The number of carbonyl (C=O) groups excluding carboxylic acids is 2. The van der Waals surface area contributed by atoms with Gasteiger partial charge in [-0.1, -0.05) is 0 Å². The Hall–Kier alpha value is -1.14. The van der Waals surface area contributed by atoms with E-state index in [9.17, 15) is 24.9 Å². The highest BCUT2D eigenvalue weighted by Gasteiger charge is 2.34. The van der Waals surface area contributed by atoms with Gasteiger partial charge >= 0.3 is 5.97 Å². The number of rotatable bonds is 12. The van der Waals surface area contributed by atoms with Crippen LogP contribution in [0.2, 0.25) is 0 Å². The van der Waals surface area contributed by atoms with Crippen LogP contribution >= 0.6 is 0 Å². The molecule has 0 aromatic carbocycles. The Morgan fingerprint density at radius 2 is 1.86 bits per heavy atom. The Labute approximate surface area is 127 Å². The predicted molar refractivity (Wildman–Crippen MR) is 72.7 cm³/mol. The van der Waals surface area contributed by atoms with E-state index in [1.807, 2.05) is 0 Å². The van der Waals surface area contributed by atoms with Crippen LogP contribution in [-0.4, -0.2) is 81.5 Å². The standard InChI is InChI=1S/C12H24N2O8/c13-4-2-1-3-7(14-21)12(20)22-9(6-16)11(19)10(18)8(17)5-15/h6-11,14-15,17-19,21H,1-5,13H2/t7-,8+,9-,10-,11+/m0/s1. The molecule has 0 heterocycles. The molecule has 0 unspecified atom stereocenters. The van der Waals surface area contributed by atoms with E-state index in [1.54, 1.807) is 5.48 Å². The molecule has 10 heteroatoms. The Balaban J connectivity index is 4.62. The lowest BCUT2D eigenvalue weighted by Gasteiger charge is -2.26. The van der Waals surface area contributed by atoms with Gasteiger partial charge in [0.25, 0.3) is 0 Å². The monoisotopic (exact) mass is 324 g/mol. The summed E-state index contributed by atoms with van der Waals surface area (Å²) in [5.41, 5.74) is 7.03. The summed E-state index contributed by atoms with van der Waals surface area (Å²) in [7, 11) is 0. The van der Waals surface area contributed by atoms with Gasteiger partial charge in [-0.3, -0.25) is 9.59 Å². The van der Waals surface area contributed by atoms with Crippen LogP contribution in [0, 0.1) is 0 Å². The summed E-state index contributed by atoms with van der Waals surface area (Å²) in [6.07, 6.45) is -5.86. The number of hydrogen-bond acceptors (Lipinski definition) is 10. The Bertz CT molecular complexity index is 330. The largest absolute Gasteiger partial charge is 0.451 e. The zero-order valence-corrected chi connectivity index (χ0v) is 12.0. The number of nitrogens with two attached hydrogens (primary N) is 1. The first-order valence-corrected chi connectivity index (χ1v) is 6.83. The molecule has 0 aliphatic carbocycles. The first-order chi connectivity index (χ1) is 10.4. The highest BCUT2D eigenvalue weighted by atomic mass is 16.6. The van der Waals surface area contributed by atoms with Gasteiger partial charge in [0, 0.05) is 0 Å². The molecule has 0 fully saturated rings. The minimum absolute atomic E-state index is 0.0736. The number of nitrogens with one attached hydrogen (secondary N) is 1. The molecule has 0 aliphatic rings. The van der Waals surface area contributed by atoms with Gasteiger partial charge in [-0.05, 0) is 25.8 Å². The summed E-state index contributed by atoms with van der Waals surface area (Å²) in [6, 6.07) is -1.12. The summed E-state index contributed by atoms with van der Waals surface area (Å²) < 4.78 is 4.70. The van der Waals surface area contributed by atoms with E-state index in [4.69, 9.17) is 20.8 Å². The second kappa shape index (κ2) is 11.4. The molecule has 0 spiro atoms. The average molecular weight is 324 g/mol. The molecular formula is C12H24N2O8. The molecule has 0 radical (unpaired) electrons. The van der Waals surface area contributed by atoms with Crippen molar-refractivity contribution in [3.63, 3.8) is 0 Å². The highest BCUT2D eigenvalue weighted by Crippen LogP contribution is 2.10. The highest BCUT2D eigenvalue weighted by molar-refractivity contribution is 5.77. The zero-order chi connectivity index (χ0) is 17.1. The fourth-order valence-electron chi connectivity index (χ4n) is 1.65. The molecule has 10 nitrogen and oxygen atoms in total. The van der Waals surface area contributed by atoms with Crippen LogP contribution in [0.15, 0.2) is 0 Å². The van der Waals surface area contributed by atoms with Crippen LogP contribution in [-0.2, 0) is 14.3 Å². The van der Waals surface area contributed by atoms with Gasteiger partial charge < -0.3 is 36.1 Å². The van der Waals surface area contributed by atoms with Gasteiger partial charge in [-0.25, -0.2) is 0 Å². The summed E-state index contributed by atoms with van der Waals surface area (Å²) in [6.45, 7) is -0.439. The molecule has 0 amide bonds. The van der Waals surface area contributed by atoms with Crippen molar-refractivity contribution in [1.29, 1.82) is 0 Å². The van der Waals surface area contributed by atoms with Crippen LogP contribution in [0.5, 0.6) is 0 Å². The summed E-state index contributed by atoms with van der Waals surface area (Å²) in [4.78, 5) is 22.6. The summed E-state index contributed by atoms with van der Waals surface area (Å²) in [5, 5.41) is 45.9. The lowest BCUT2D eigenvalue weighted by Crippen LogP contribution is -2.49. The van der Waals surface area contributed by atoms with E-state index in [0.29, 0.717) is 19.4 Å². The molecule has 5 atom stereocenters. The number of ether oxygens (including phenoxy) is 1. The molecule has 0 aromatic heterocycles. The molecule has 22 heavy (non-hydrogen) atoms. The number of carbonyl (C=O) groups is 2. The van der Waals surface area contributed by atoms with Crippen molar-refractivity contribution in [3.8, 4) is 0 Å². The van der Waals surface area contributed by atoms with Crippen molar-refractivity contribution in [3.05, 3.63) is 0 Å². The zero-order valence-electron chi connectivity index (χ0n) is 12.0. The van der Waals surface area contributed by atoms with Gasteiger partial charge in [0.15, 0.2) is 12.4 Å². The maximum atomic E-state index is 11.8.